The van der Waals surface area contributed by atoms with Crippen molar-refractivity contribution in [2.45, 2.75) is 17.7 Å². The Bertz CT molecular complexity index is 628. The minimum atomic E-state index is -3.83. The van der Waals surface area contributed by atoms with Gasteiger partial charge in [-0.25, -0.2) is 8.42 Å². The van der Waals surface area contributed by atoms with E-state index in [9.17, 15) is 13.2 Å². The van der Waals surface area contributed by atoms with Crippen molar-refractivity contribution in [2.24, 2.45) is 5.92 Å². The standard InChI is InChI=1S/C12H13Br2NO4S/c13-9-3-4-10(14)11(5-9)20(18,19)15(7-12(16)17)6-8-1-2-8/h3-5,8H,1-2,6-7H2,(H,16,17). The molecule has 1 aromatic rings. The molecular weight excluding hydrogens is 414 g/mol. The molecule has 1 aliphatic rings. The van der Waals surface area contributed by atoms with Crippen LogP contribution in [0.2, 0.25) is 0 Å². The van der Waals surface area contributed by atoms with E-state index in [1.807, 2.05) is 0 Å². The number of carboxylic acid groups (broad SMARTS) is 1. The Morgan fingerprint density at radius 3 is 2.55 bits per heavy atom. The van der Waals surface area contributed by atoms with Crippen LogP contribution in [0.5, 0.6) is 0 Å². The van der Waals surface area contributed by atoms with Gasteiger partial charge in [-0.3, -0.25) is 4.79 Å². The van der Waals surface area contributed by atoms with Gasteiger partial charge in [0.2, 0.25) is 10.0 Å². The van der Waals surface area contributed by atoms with E-state index in [-0.39, 0.29) is 17.4 Å². The van der Waals surface area contributed by atoms with Gasteiger partial charge in [-0.15, -0.1) is 0 Å². The summed E-state index contributed by atoms with van der Waals surface area (Å²) in [4.78, 5) is 11.0. The van der Waals surface area contributed by atoms with E-state index in [1.54, 1.807) is 12.1 Å². The molecule has 5 nitrogen and oxygen atoms in total. The molecule has 8 heteroatoms. The van der Waals surface area contributed by atoms with Gasteiger partial charge in [0.15, 0.2) is 0 Å². The Morgan fingerprint density at radius 2 is 2.00 bits per heavy atom. The molecule has 1 fully saturated rings. The third kappa shape index (κ3) is 3.81. The molecule has 0 aromatic heterocycles. The normalized spacial score (nSPS) is 15.6. The van der Waals surface area contributed by atoms with Gasteiger partial charge in [0.25, 0.3) is 0 Å². The highest BCUT2D eigenvalue weighted by molar-refractivity contribution is 9.11. The predicted octanol–water partition coefficient (Wildman–Crippen LogP) is 2.70. The van der Waals surface area contributed by atoms with Gasteiger partial charge in [0.05, 0.1) is 4.90 Å². The van der Waals surface area contributed by atoms with Crippen molar-refractivity contribution in [3.05, 3.63) is 27.1 Å². The lowest BCUT2D eigenvalue weighted by Gasteiger charge is -2.21. The van der Waals surface area contributed by atoms with Crippen LogP contribution in [0.25, 0.3) is 0 Å². The van der Waals surface area contributed by atoms with Crippen LogP contribution < -0.4 is 0 Å². The maximum Gasteiger partial charge on any atom is 0.318 e. The van der Waals surface area contributed by atoms with Crippen LogP contribution >= 0.6 is 31.9 Å². The summed E-state index contributed by atoms with van der Waals surface area (Å²) in [6.07, 6.45) is 1.90. The fourth-order valence-corrected chi connectivity index (χ4v) is 4.73. The SMILES string of the molecule is O=C(O)CN(CC1CC1)S(=O)(=O)c1cc(Br)ccc1Br. The molecule has 0 heterocycles. The molecule has 0 amide bonds. The first-order valence-electron chi connectivity index (χ1n) is 5.97. The fraction of sp³-hybridized carbons (Fsp3) is 0.417. The molecule has 1 saturated carbocycles. The number of hydrogen-bond acceptors (Lipinski definition) is 3. The maximum absolute atomic E-state index is 12.6. The highest BCUT2D eigenvalue weighted by atomic mass is 79.9. The van der Waals surface area contributed by atoms with Gasteiger partial charge in [-0.05, 0) is 52.9 Å². The Kier molecular flexibility index (Phi) is 4.88. The van der Waals surface area contributed by atoms with Crippen LogP contribution in [-0.2, 0) is 14.8 Å². The number of hydrogen-bond donors (Lipinski definition) is 1. The molecule has 0 spiro atoms. The maximum atomic E-state index is 12.6. The summed E-state index contributed by atoms with van der Waals surface area (Å²) in [5.41, 5.74) is 0. The fourth-order valence-electron chi connectivity index (χ4n) is 1.80. The summed E-state index contributed by atoms with van der Waals surface area (Å²) in [5, 5.41) is 8.92. The van der Waals surface area contributed by atoms with Crippen LogP contribution in [0.4, 0.5) is 0 Å². The van der Waals surface area contributed by atoms with Crippen LogP contribution in [0.1, 0.15) is 12.8 Å². The van der Waals surface area contributed by atoms with Crippen molar-refractivity contribution in [3.8, 4) is 0 Å². The van der Waals surface area contributed by atoms with Crippen LogP contribution in [0, 0.1) is 5.92 Å². The molecule has 1 aromatic carbocycles. The van der Waals surface area contributed by atoms with Crippen molar-refractivity contribution in [2.75, 3.05) is 13.1 Å². The number of rotatable bonds is 6. The van der Waals surface area contributed by atoms with Crippen LogP contribution in [0.3, 0.4) is 0 Å². The van der Waals surface area contributed by atoms with E-state index in [4.69, 9.17) is 5.11 Å². The zero-order valence-electron chi connectivity index (χ0n) is 10.4. The Labute approximate surface area is 134 Å². The summed E-state index contributed by atoms with van der Waals surface area (Å²) in [6.45, 7) is -0.259. The highest BCUT2D eigenvalue weighted by Crippen LogP contribution is 2.33. The topological polar surface area (TPSA) is 74.7 Å². The number of halogens is 2. The van der Waals surface area contributed by atoms with Gasteiger partial charge in [-0.1, -0.05) is 15.9 Å². The largest absolute Gasteiger partial charge is 0.480 e. The molecule has 1 aliphatic carbocycles. The summed E-state index contributed by atoms with van der Waals surface area (Å²) in [7, 11) is -3.83. The van der Waals surface area contributed by atoms with Crippen molar-refractivity contribution in [1.82, 2.24) is 4.31 Å². The molecular formula is C12H13Br2NO4S. The Balaban J connectivity index is 2.37. The molecule has 110 valence electrons. The molecule has 2 rings (SSSR count). The number of benzene rings is 1. The first-order valence-corrected chi connectivity index (χ1v) is 9.00. The van der Waals surface area contributed by atoms with Gasteiger partial charge in [-0.2, -0.15) is 4.31 Å². The van der Waals surface area contributed by atoms with E-state index in [0.29, 0.717) is 8.95 Å². The molecule has 0 aliphatic heterocycles. The van der Waals surface area contributed by atoms with Gasteiger partial charge in [0.1, 0.15) is 6.54 Å². The third-order valence-corrected chi connectivity index (χ3v) is 6.28. The lowest BCUT2D eigenvalue weighted by molar-refractivity contribution is -0.137. The molecule has 1 N–H and O–H groups in total. The number of carboxylic acids is 1. The van der Waals surface area contributed by atoms with Crippen molar-refractivity contribution in [3.63, 3.8) is 0 Å². The Hall–Kier alpha value is -0.440. The zero-order valence-corrected chi connectivity index (χ0v) is 14.4. The summed E-state index contributed by atoms with van der Waals surface area (Å²) < 4.78 is 27.3. The van der Waals surface area contributed by atoms with E-state index < -0.39 is 22.5 Å². The average Bonchev–Trinajstić information content (AvgIpc) is 3.14. The first-order chi connectivity index (χ1) is 9.30. The number of aliphatic carboxylic acids is 1. The second-order valence-electron chi connectivity index (χ2n) is 4.71. The molecule has 0 saturated heterocycles. The van der Waals surface area contributed by atoms with E-state index in [2.05, 4.69) is 31.9 Å². The van der Waals surface area contributed by atoms with Crippen molar-refractivity contribution < 1.29 is 18.3 Å². The molecule has 0 unspecified atom stereocenters. The van der Waals surface area contributed by atoms with Gasteiger partial charge in [0, 0.05) is 15.5 Å². The summed E-state index contributed by atoms with van der Waals surface area (Å²) in [6, 6.07) is 4.81. The highest BCUT2D eigenvalue weighted by Gasteiger charge is 2.34. The van der Waals surface area contributed by atoms with E-state index in [1.165, 1.54) is 6.07 Å². The Morgan fingerprint density at radius 1 is 1.35 bits per heavy atom. The summed E-state index contributed by atoms with van der Waals surface area (Å²) >= 11 is 6.44. The lowest BCUT2D eigenvalue weighted by Crippen LogP contribution is -2.37. The average molecular weight is 427 g/mol. The van der Waals surface area contributed by atoms with Crippen molar-refractivity contribution >= 4 is 47.9 Å². The van der Waals surface area contributed by atoms with E-state index in [0.717, 1.165) is 17.1 Å². The quantitative estimate of drug-likeness (QED) is 0.758. The summed E-state index contributed by atoms with van der Waals surface area (Å²) in [5.74, 6) is -0.879. The molecule has 0 radical (unpaired) electrons. The van der Waals surface area contributed by atoms with Gasteiger partial charge < -0.3 is 5.11 Å². The second-order valence-corrected chi connectivity index (χ2v) is 8.39. The van der Waals surface area contributed by atoms with Crippen molar-refractivity contribution in [1.29, 1.82) is 0 Å². The predicted molar refractivity (Wildman–Crippen MR) is 81.0 cm³/mol. The minimum absolute atomic E-state index is 0.0776. The first kappa shape index (κ1) is 15.9. The zero-order chi connectivity index (χ0) is 14.9. The van der Waals surface area contributed by atoms with Crippen LogP contribution in [0.15, 0.2) is 32.0 Å². The molecule has 0 atom stereocenters. The van der Waals surface area contributed by atoms with E-state index >= 15 is 0 Å². The second kappa shape index (κ2) is 6.13. The number of nitrogens with zero attached hydrogens (tertiary/aromatic N) is 1. The monoisotopic (exact) mass is 425 g/mol. The smallest absolute Gasteiger partial charge is 0.318 e. The molecule has 20 heavy (non-hydrogen) atoms. The van der Waals surface area contributed by atoms with Gasteiger partial charge >= 0.3 is 5.97 Å². The number of sulfonamides is 1. The minimum Gasteiger partial charge on any atom is -0.480 e. The number of carbonyl (C=O) groups is 1. The van der Waals surface area contributed by atoms with Crippen LogP contribution in [-0.4, -0.2) is 36.9 Å². The lowest BCUT2D eigenvalue weighted by atomic mass is 10.4. The molecule has 0 bridgehead atoms. The third-order valence-electron chi connectivity index (χ3n) is 2.98.